The van der Waals surface area contributed by atoms with Gasteiger partial charge in [0.1, 0.15) is 5.36 Å². The number of aromatic nitrogens is 1. The molecule has 0 fully saturated rings. The van der Waals surface area contributed by atoms with Gasteiger partial charge in [0.2, 0.25) is 0 Å². The zero-order chi connectivity index (χ0) is 14.9. The van der Waals surface area contributed by atoms with Gasteiger partial charge in [0.15, 0.2) is 5.17 Å². The maximum atomic E-state index is 4.67. The number of fused-ring (bicyclic) bond motifs is 2. The van der Waals surface area contributed by atoms with Gasteiger partial charge in [0.05, 0.1) is 17.6 Å². The van der Waals surface area contributed by atoms with Crippen molar-refractivity contribution < 1.29 is 0 Å². The summed E-state index contributed by atoms with van der Waals surface area (Å²) < 4.78 is 2.21. The zero-order valence-electron chi connectivity index (χ0n) is 12.3. The number of hydrogen-bond donors (Lipinski definition) is 1. The van der Waals surface area contributed by atoms with Crippen molar-refractivity contribution in [3.05, 3.63) is 53.9 Å². The molecule has 110 valence electrons. The quantitative estimate of drug-likeness (QED) is 0.555. The minimum Gasteiger partial charge on any atom is -0.344 e. The lowest BCUT2D eigenvalue weighted by Crippen LogP contribution is -2.19. The molecule has 5 heteroatoms. The standard InChI is InChI=1S/C17H16N4S/c1-21-14-8-4-2-6-12(14)16(13-7-3-5-9-15(13)21)19-20-17-18-10-11-22-17/h2-9H,10-11H2,1H3,(H,18,20). The van der Waals surface area contributed by atoms with Crippen LogP contribution >= 0.6 is 11.8 Å². The van der Waals surface area contributed by atoms with E-state index in [0.717, 1.165) is 33.6 Å². The van der Waals surface area contributed by atoms with Crippen molar-refractivity contribution >= 4 is 38.7 Å². The van der Waals surface area contributed by atoms with E-state index in [1.54, 1.807) is 11.8 Å². The van der Waals surface area contributed by atoms with Crippen LogP contribution in [0.1, 0.15) is 0 Å². The second-order valence-electron chi connectivity index (χ2n) is 5.20. The lowest BCUT2D eigenvalue weighted by Gasteiger charge is -2.11. The van der Waals surface area contributed by atoms with Crippen LogP contribution in [0.5, 0.6) is 0 Å². The summed E-state index contributed by atoms with van der Waals surface area (Å²) >= 11 is 1.72. The first-order valence-electron chi connectivity index (χ1n) is 7.28. The zero-order valence-corrected chi connectivity index (χ0v) is 13.1. The molecule has 0 aliphatic carbocycles. The molecule has 0 amide bonds. The summed E-state index contributed by atoms with van der Waals surface area (Å²) in [7, 11) is 2.10. The highest BCUT2D eigenvalue weighted by molar-refractivity contribution is 8.14. The Labute approximate surface area is 132 Å². The third-order valence-corrected chi connectivity index (χ3v) is 4.77. The number of rotatable bonds is 1. The normalized spacial score (nSPS) is 14.3. The predicted molar refractivity (Wildman–Crippen MR) is 93.9 cm³/mol. The van der Waals surface area contributed by atoms with Gasteiger partial charge in [-0.1, -0.05) is 48.2 Å². The summed E-state index contributed by atoms with van der Waals surface area (Å²) in [6.45, 7) is 0.869. The summed E-state index contributed by atoms with van der Waals surface area (Å²) in [4.78, 5) is 4.40. The molecular weight excluding hydrogens is 292 g/mol. The van der Waals surface area contributed by atoms with Crippen molar-refractivity contribution in [2.24, 2.45) is 17.1 Å². The first-order valence-corrected chi connectivity index (χ1v) is 8.26. The Morgan fingerprint density at radius 1 is 1.05 bits per heavy atom. The topological polar surface area (TPSA) is 41.7 Å². The summed E-state index contributed by atoms with van der Waals surface area (Å²) in [5.74, 6) is 1.03. The van der Waals surface area contributed by atoms with Crippen LogP contribution in [-0.2, 0) is 7.05 Å². The van der Waals surface area contributed by atoms with Crippen molar-refractivity contribution in [1.29, 1.82) is 0 Å². The van der Waals surface area contributed by atoms with Crippen LogP contribution in [0.15, 0.2) is 58.6 Å². The van der Waals surface area contributed by atoms with Crippen molar-refractivity contribution in [3.8, 4) is 0 Å². The molecule has 4 rings (SSSR count). The van der Waals surface area contributed by atoms with Gasteiger partial charge < -0.3 is 4.57 Å². The summed E-state index contributed by atoms with van der Waals surface area (Å²) in [6, 6.07) is 16.7. The number of hydrogen-bond acceptors (Lipinski definition) is 4. The maximum absolute atomic E-state index is 4.67. The number of thioether (sulfide) groups is 1. The lowest BCUT2D eigenvalue weighted by atomic mass is 10.1. The fourth-order valence-electron chi connectivity index (χ4n) is 2.83. The fraction of sp³-hybridized carbons (Fsp3) is 0.176. The molecule has 1 aliphatic rings. The summed E-state index contributed by atoms with van der Waals surface area (Å²) in [5.41, 5.74) is 5.47. The van der Waals surface area contributed by atoms with Gasteiger partial charge in [0.25, 0.3) is 0 Å². The Morgan fingerprint density at radius 2 is 1.68 bits per heavy atom. The molecule has 0 bridgehead atoms. The Kier molecular flexibility index (Phi) is 3.35. The molecule has 0 saturated carbocycles. The minimum atomic E-state index is 0.869. The van der Waals surface area contributed by atoms with Crippen LogP contribution in [0.4, 0.5) is 0 Å². The molecule has 0 radical (unpaired) electrons. The van der Waals surface area contributed by atoms with Crippen molar-refractivity contribution in [3.63, 3.8) is 0 Å². The summed E-state index contributed by atoms with van der Waals surface area (Å²) in [6.07, 6.45) is 0. The molecule has 4 nitrogen and oxygen atoms in total. The Bertz CT molecular complexity index is 896. The van der Waals surface area contributed by atoms with Crippen LogP contribution < -0.4 is 10.8 Å². The molecule has 22 heavy (non-hydrogen) atoms. The van der Waals surface area contributed by atoms with Crippen LogP contribution in [0.25, 0.3) is 21.8 Å². The molecule has 1 aliphatic heterocycles. The number of pyridine rings is 1. The van der Waals surface area contributed by atoms with Crippen molar-refractivity contribution in [1.82, 2.24) is 9.99 Å². The second kappa shape index (κ2) is 5.50. The number of nitrogens with zero attached hydrogens (tertiary/aromatic N) is 3. The van der Waals surface area contributed by atoms with E-state index in [4.69, 9.17) is 0 Å². The Morgan fingerprint density at radius 3 is 2.27 bits per heavy atom. The molecule has 0 spiro atoms. The van der Waals surface area contributed by atoms with Crippen LogP contribution in [0.3, 0.4) is 0 Å². The van der Waals surface area contributed by atoms with E-state index in [-0.39, 0.29) is 0 Å². The van der Waals surface area contributed by atoms with Gasteiger partial charge in [-0.25, -0.2) is 0 Å². The van der Waals surface area contributed by atoms with E-state index < -0.39 is 0 Å². The number of aryl methyl sites for hydroxylation is 1. The summed E-state index contributed by atoms with van der Waals surface area (Å²) in [5, 5.41) is 8.82. The fourth-order valence-corrected chi connectivity index (χ4v) is 3.50. The van der Waals surface area contributed by atoms with Gasteiger partial charge in [0, 0.05) is 23.6 Å². The van der Waals surface area contributed by atoms with E-state index in [2.05, 4.69) is 75.7 Å². The smallest absolute Gasteiger partial charge is 0.177 e. The van der Waals surface area contributed by atoms with Crippen molar-refractivity contribution in [2.75, 3.05) is 12.3 Å². The first-order chi connectivity index (χ1) is 10.8. The number of nitrogens with one attached hydrogen (secondary N) is 1. The maximum Gasteiger partial charge on any atom is 0.177 e. The molecular formula is C17H16N4S. The molecule has 3 aromatic rings. The highest BCUT2D eigenvalue weighted by atomic mass is 32.2. The molecule has 1 N–H and O–H groups in total. The first kappa shape index (κ1) is 13.4. The van der Waals surface area contributed by atoms with E-state index >= 15 is 0 Å². The molecule has 0 unspecified atom stereocenters. The molecule has 1 aromatic heterocycles. The van der Waals surface area contributed by atoms with Gasteiger partial charge in [-0.05, 0) is 12.1 Å². The van der Waals surface area contributed by atoms with Crippen LogP contribution in [0, 0.1) is 0 Å². The second-order valence-corrected chi connectivity index (χ2v) is 6.28. The third-order valence-electron chi connectivity index (χ3n) is 3.89. The lowest BCUT2D eigenvalue weighted by molar-refractivity contribution is 0.968. The predicted octanol–water partition coefficient (Wildman–Crippen LogP) is 2.84. The van der Waals surface area contributed by atoms with E-state index in [1.165, 1.54) is 11.0 Å². The Hall–Kier alpha value is -2.27. The average molecular weight is 308 g/mol. The van der Waals surface area contributed by atoms with Crippen LogP contribution in [0.2, 0.25) is 0 Å². The van der Waals surface area contributed by atoms with Gasteiger partial charge in [-0.3, -0.25) is 10.4 Å². The highest BCUT2D eigenvalue weighted by Crippen LogP contribution is 2.17. The van der Waals surface area contributed by atoms with Gasteiger partial charge in [-0.2, -0.15) is 5.10 Å². The van der Waals surface area contributed by atoms with E-state index in [9.17, 15) is 0 Å². The number of amidine groups is 1. The third kappa shape index (κ3) is 2.18. The monoisotopic (exact) mass is 308 g/mol. The van der Waals surface area contributed by atoms with E-state index in [0.29, 0.717) is 0 Å². The Balaban J connectivity index is 2.04. The number of para-hydroxylation sites is 2. The van der Waals surface area contributed by atoms with Crippen molar-refractivity contribution in [2.45, 2.75) is 0 Å². The molecule has 0 atom stereocenters. The number of benzene rings is 2. The minimum absolute atomic E-state index is 0.869. The average Bonchev–Trinajstić information content (AvgIpc) is 3.08. The largest absolute Gasteiger partial charge is 0.344 e. The highest BCUT2D eigenvalue weighted by Gasteiger charge is 2.08. The van der Waals surface area contributed by atoms with E-state index in [1.807, 2.05) is 0 Å². The van der Waals surface area contributed by atoms with Gasteiger partial charge >= 0.3 is 0 Å². The molecule has 2 heterocycles. The van der Waals surface area contributed by atoms with Crippen LogP contribution in [-0.4, -0.2) is 22.0 Å². The molecule has 2 aromatic carbocycles. The SMILES string of the molecule is Cn1c2ccccc2c(=NNC2=NCCS2)c2ccccc21. The molecule has 0 saturated heterocycles. The van der Waals surface area contributed by atoms with Gasteiger partial charge in [-0.15, -0.1) is 0 Å². The number of aliphatic imine (C=N–C) groups is 1.